The molecule has 3 heterocycles. The molecule has 0 radical (unpaired) electrons. The Labute approximate surface area is 205 Å². The molecule has 2 aromatic rings. The summed E-state index contributed by atoms with van der Waals surface area (Å²) >= 11 is 0. The first kappa shape index (κ1) is 26.1. The van der Waals surface area contributed by atoms with Crippen LogP contribution in [0.1, 0.15) is 40.3 Å². The molecule has 1 aliphatic rings. The molecule has 0 unspecified atom stereocenters. The zero-order valence-corrected chi connectivity index (χ0v) is 20.8. The number of carbonyl (C=O) groups is 2. The van der Waals surface area contributed by atoms with Gasteiger partial charge in [-0.15, -0.1) is 0 Å². The predicted octanol–water partition coefficient (Wildman–Crippen LogP) is 0.777. The zero-order chi connectivity index (χ0) is 25.5. The maximum Gasteiger partial charge on any atom is 0.273 e. The van der Waals surface area contributed by atoms with Gasteiger partial charge in [-0.3, -0.25) is 19.5 Å². The normalized spacial score (nSPS) is 18.5. The van der Waals surface area contributed by atoms with E-state index in [-0.39, 0.29) is 48.0 Å². The fourth-order valence-corrected chi connectivity index (χ4v) is 3.65. The van der Waals surface area contributed by atoms with Crippen LogP contribution in [0.5, 0.6) is 5.88 Å². The van der Waals surface area contributed by atoms with E-state index in [4.69, 9.17) is 4.74 Å². The molecule has 10 nitrogen and oxygen atoms in total. The third-order valence-corrected chi connectivity index (χ3v) is 5.73. The molecule has 10 heteroatoms. The SMILES string of the molecule is C[C@H]1CN([C@@H](C)CO)C(=O)c2cc(C#CCN(C)C)cnc2O[C@H]1CN(C)C(=O)c1cnccn1. The fraction of sp³-hybridized carbons (Fsp3) is 0.480. The first-order chi connectivity index (χ1) is 16.7. The highest BCUT2D eigenvalue weighted by atomic mass is 16.5. The summed E-state index contributed by atoms with van der Waals surface area (Å²) < 4.78 is 6.23. The molecule has 1 aliphatic heterocycles. The molecule has 35 heavy (non-hydrogen) atoms. The van der Waals surface area contributed by atoms with Crippen LogP contribution in [-0.2, 0) is 0 Å². The summed E-state index contributed by atoms with van der Waals surface area (Å²) in [6, 6.07) is 1.27. The second-order valence-electron chi connectivity index (χ2n) is 9.02. The highest BCUT2D eigenvalue weighted by Gasteiger charge is 2.34. The van der Waals surface area contributed by atoms with Crippen molar-refractivity contribution in [3.63, 3.8) is 0 Å². The van der Waals surface area contributed by atoms with E-state index >= 15 is 0 Å². The monoisotopic (exact) mass is 480 g/mol. The van der Waals surface area contributed by atoms with E-state index in [0.717, 1.165) is 0 Å². The molecule has 0 spiro atoms. The minimum Gasteiger partial charge on any atom is -0.472 e. The maximum atomic E-state index is 13.5. The highest BCUT2D eigenvalue weighted by Crippen LogP contribution is 2.27. The summed E-state index contributed by atoms with van der Waals surface area (Å²) in [6.45, 7) is 4.72. The Hall–Kier alpha value is -3.55. The van der Waals surface area contributed by atoms with E-state index in [9.17, 15) is 14.7 Å². The smallest absolute Gasteiger partial charge is 0.273 e. The number of ether oxygens (including phenoxy) is 1. The molecular weight excluding hydrogens is 448 g/mol. The standard InChI is InChI=1S/C25H32N6O4/c1-17-14-31(18(2)16-32)24(33)20-11-19(7-6-10-29(3)4)12-28-23(20)35-22(17)15-30(5)25(34)21-13-26-8-9-27-21/h8-9,11-13,17-18,22,32H,10,14-16H2,1-5H3/t17-,18-,22-/m0/s1. The average molecular weight is 481 g/mol. The van der Waals surface area contributed by atoms with E-state index in [1.807, 2.05) is 25.9 Å². The second kappa shape index (κ2) is 11.7. The van der Waals surface area contributed by atoms with Crippen molar-refractivity contribution in [3.8, 4) is 17.7 Å². The number of pyridine rings is 1. The van der Waals surface area contributed by atoms with E-state index in [2.05, 4.69) is 26.8 Å². The molecule has 2 aromatic heterocycles. The van der Waals surface area contributed by atoms with Crippen LogP contribution in [0.2, 0.25) is 0 Å². The van der Waals surface area contributed by atoms with Crippen molar-refractivity contribution in [2.24, 2.45) is 5.92 Å². The molecule has 186 valence electrons. The largest absolute Gasteiger partial charge is 0.472 e. The Morgan fingerprint density at radius 2 is 2.06 bits per heavy atom. The van der Waals surface area contributed by atoms with Gasteiger partial charge >= 0.3 is 0 Å². The van der Waals surface area contributed by atoms with Crippen LogP contribution >= 0.6 is 0 Å². The van der Waals surface area contributed by atoms with Crippen molar-refractivity contribution in [1.82, 2.24) is 29.7 Å². The van der Waals surface area contributed by atoms with Crippen LogP contribution in [0.3, 0.4) is 0 Å². The van der Waals surface area contributed by atoms with Crippen molar-refractivity contribution in [3.05, 3.63) is 47.7 Å². The third-order valence-electron chi connectivity index (χ3n) is 5.73. The molecule has 3 atom stereocenters. The number of carbonyl (C=O) groups excluding carboxylic acids is 2. The van der Waals surface area contributed by atoms with Gasteiger partial charge in [0.15, 0.2) is 0 Å². The molecule has 1 N–H and O–H groups in total. The predicted molar refractivity (Wildman–Crippen MR) is 130 cm³/mol. The lowest BCUT2D eigenvalue weighted by Gasteiger charge is -2.37. The number of rotatable bonds is 6. The lowest BCUT2D eigenvalue weighted by Crippen LogP contribution is -2.50. The van der Waals surface area contributed by atoms with Gasteiger partial charge in [0.2, 0.25) is 5.88 Å². The van der Waals surface area contributed by atoms with Gasteiger partial charge in [-0.1, -0.05) is 18.8 Å². The zero-order valence-electron chi connectivity index (χ0n) is 20.8. The quantitative estimate of drug-likeness (QED) is 0.604. The average Bonchev–Trinajstić information content (AvgIpc) is 2.85. The van der Waals surface area contributed by atoms with Crippen LogP contribution in [-0.4, -0.2) is 106 Å². The fourth-order valence-electron chi connectivity index (χ4n) is 3.65. The van der Waals surface area contributed by atoms with Gasteiger partial charge in [0.25, 0.3) is 11.8 Å². The topological polar surface area (TPSA) is 112 Å². The van der Waals surface area contributed by atoms with Crippen molar-refractivity contribution >= 4 is 11.8 Å². The van der Waals surface area contributed by atoms with E-state index in [0.29, 0.717) is 18.7 Å². The minimum absolute atomic E-state index is 0.153. The van der Waals surface area contributed by atoms with Gasteiger partial charge < -0.3 is 19.6 Å². The number of likely N-dealkylation sites (N-methyl/N-ethyl adjacent to an activating group) is 1. The van der Waals surface area contributed by atoms with Crippen molar-refractivity contribution in [1.29, 1.82) is 0 Å². The minimum atomic E-state index is -0.459. The molecule has 0 fully saturated rings. The number of amides is 2. The summed E-state index contributed by atoms with van der Waals surface area (Å²) in [5, 5.41) is 9.80. The number of nitrogens with zero attached hydrogens (tertiary/aromatic N) is 6. The van der Waals surface area contributed by atoms with Crippen LogP contribution in [0.15, 0.2) is 30.9 Å². The Morgan fingerprint density at radius 1 is 1.29 bits per heavy atom. The van der Waals surface area contributed by atoms with Crippen LogP contribution in [0.25, 0.3) is 0 Å². The summed E-state index contributed by atoms with van der Waals surface area (Å²) in [4.78, 5) is 43.8. The highest BCUT2D eigenvalue weighted by molar-refractivity contribution is 5.97. The molecule has 3 rings (SSSR count). The summed E-state index contributed by atoms with van der Waals surface area (Å²) in [5.74, 6) is 5.54. The Bertz CT molecular complexity index is 1100. The van der Waals surface area contributed by atoms with Gasteiger partial charge in [0.05, 0.1) is 31.9 Å². The number of fused-ring (bicyclic) bond motifs is 1. The summed E-state index contributed by atoms with van der Waals surface area (Å²) in [7, 11) is 5.52. The van der Waals surface area contributed by atoms with Gasteiger partial charge in [-0.2, -0.15) is 0 Å². The molecule has 0 bridgehead atoms. The lowest BCUT2D eigenvalue weighted by molar-refractivity contribution is 0.0312. The Kier molecular flexibility index (Phi) is 8.73. The lowest BCUT2D eigenvalue weighted by atomic mass is 10.00. The van der Waals surface area contributed by atoms with Gasteiger partial charge in [-0.05, 0) is 27.1 Å². The molecule has 0 saturated carbocycles. The molecule has 2 amide bonds. The van der Waals surface area contributed by atoms with Crippen molar-refractivity contribution in [2.75, 3.05) is 47.4 Å². The van der Waals surface area contributed by atoms with Crippen LogP contribution in [0.4, 0.5) is 0 Å². The Balaban J connectivity index is 1.93. The first-order valence-electron chi connectivity index (χ1n) is 11.4. The second-order valence-corrected chi connectivity index (χ2v) is 9.02. The van der Waals surface area contributed by atoms with E-state index < -0.39 is 12.1 Å². The Morgan fingerprint density at radius 3 is 2.71 bits per heavy atom. The van der Waals surface area contributed by atoms with Gasteiger partial charge in [-0.25, -0.2) is 9.97 Å². The summed E-state index contributed by atoms with van der Waals surface area (Å²) in [5.41, 5.74) is 1.11. The third kappa shape index (κ3) is 6.53. The number of aliphatic hydroxyl groups is 1. The van der Waals surface area contributed by atoms with Crippen LogP contribution < -0.4 is 4.74 Å². The van der Waals surface area contributed by atoms with E-state index in [1.165, 1.54) is 23.5 Å². The first-order valence-corrected chi connectivity index (χ1v) is 11.4. The number of hydrogen-bond acceptors (Lipinski definition) is 8. The number of aliphatic hydroxyl groups excluding tert-OH is 1. The van der Waals surface area contributed by atoms with Crippen LogP contribution in [0, 0.1) is 17.8 Å². The number of aromatic nitrogens is 3. The van der Waals surface area contributed by atoms with E-state index in [1.54, 1.807) is 31.1 Å². The number of hydrogen-bond donors (Lipinski definition) is 1. The summed E-state index contributed by atoms with van der Waals surface area (Å²) in [6.07, 6.45) is 5.51. The molecule has 0 saturated heterocycles. The molecule has 0 aliphatic carbocycles. The van der Waals surface area contributed by atoms with Gasteiger partial charge in [0.1, 0.15) is 17.4 Å². The van der Waals surface area contributed by atoms with Crippen molar-refractivity contribution in [2.45, 2.75) is 26.0 Å². The maximum absolute atomic E-state index is 13.5. The molecular formula is C25H32N6O4. The molecule has 0 aromatic carbocycles. The van der Waals surface area contributed by atoms with Crippen molar-refractivity contribution < 1.29 is 19.4 Å². The van der Waals surface area contributed by atoms with Gasteiger partial charge in [0, 0.05) is 43.7 Å².